The largest absolute Gasteiger partial charge is 0.395 e. The predicted molar refractivity (Wildman–Crippen MR) is 75.2 cm³/mol. The molecule has 1 fully saturated rings. The van der Waals surface area contributed by atoms with Gasteiger partial charge < -0.3 is 10.8 Å². The van der Waals surface area contributed by atoms with Crippen molar-refractivity contribution in [1.29, 1.82) is 0 Å². The quantitative estimate of drug-likeness (QED) is 0.896. The Hall–Kier alpha value is 0.0600. The molecule has 3 nitrogen and oxygen atoms in total. The summed E-state index contributed by atoms with van der Waals surface area (Å²) in [6.45, 7) is 1.90. The minimum Gasteiger partial charge on any atom is -0.395 e. The van der Waals surface area contributed by atoms with E-state index >= 15 is 0 Å². The van der Waals surface area contributed by atoms with Gasteiger partial charge in [-0.15, -0.1) is 11.3 Å². The minimum absolute atomic E-state index is 0.239. The van der Waals surface area contributed by atoms with Gasteiger partial charge in [-0.25, -0.2) is 0 Å². The fourth-order valence-electron chi connectivity index (χ4n) is 2.55. The molecule has 0 radical (unpaired) electrons. The van der Waals surface area contributed by atoms with Crippen molar-refractivity contribution in [2.45, 2.75) is 31.3 Å². The fourth-order valence-corrected chi connectivity index (χ4v) is 4.13. The molecule has 2 rings (SSSR count). The molecule has 0 bridgehead atoms. The highest BCUT2D eigenvalue weighted by Gasteiger charge is 2.29. The van der Waals surface area contributed by atoms with E-state index in [1.165, 1.54) is 17.7 Å². The van der Waals surface area contributed by atoms with Crippen molar-refractivity contribution in [3.05, 3.63) is 20.8 Å². The van der Waals surface area contributed by atoms with Gasteiger partial charge in [0.25, 0.3) is 0 Å². The molecule has 17 heavy (non-hydrogen) atoms. The Morgan fingerprint density at radius 1 is 1.59 bits per heavy atom. The van der Waals surface area contributed by atoms with Crippen LogP contribution in [0.25, 0.3) is 0 Å². The van der Waals surface area contributed by atoms with Crippen LogP contribution in [-0.2, 0) is 0 Å². The summed E-state index contributed by atoms with van der Waals surface area (Å²) in [6, 6.07) is 2.67. The summed E-state index contributed by atoms with van der Waals surface area (Å²) in [4.78, 5) is 3.67. The number of hydrogen-bond acceptors (Lipinski definition) is 4. The Bertz CT molecular complexity index is 358. The van der Waals surface area contributed by atoms with Crippen molar-refractivity contribution >= 4 is 27.3 Å². The molecule has 1 aromatic heterocycles. The van der Waals surface area contributed by atoms with E-state index < -0.39 is 0 Å². The molecule has 0 amide bonds. The van der Waals surface area contributed by atoms with E-state index in [4.69, 9.17) is 5.73 Å². The zero-order valence-corrected chi connectivity index (χ0v) is 12.2. The number of nitrogens with zero attached hydrogens (tertiary/aromatic N) is 1. The lowest BCUT2D eigenvalue weighted by Gasteiger charge is -2.39. The second-order valence-corrected chi connectivity index (χ2v) is 6.35. The van der Waals surface area contributed by atoms with Gasteiger partial charge in [0, 0.05) is 27.3 Å². The highest BCUT2D eigenvalue weighted by Crippen LogP contribution is 2.32. The smallest absolute Gasteiger partial charge is 0.0587 e. The maximum atomic E-state index is 9.47. The first-order valence-electron chi connectivity index (χ1n) is 6.07. The van der Waals surface area contributed by atoms with Crippen molar-refractivity contribution in [1.82, 2.24) is 4.90 Å². The summed E-state index contributed by atoms with van der Waals surface area (Å²) in [5.74, 6) is 0. The van der Waals surface area contributed by atoms with Crippen molar-refractivity contribution in [2.24, 2.45) is 5.73 Å². The van der Waals surface area contributed by atoms with E-state index in [1.807, 2.05) is 0 Å². The number of likely N-dealkylation sites (tertiary alicyclic amines) is 1. The number of aliphatic hydroxyl groups is 1. The monoisotopic (exact) mass is 318 g/mol. The minimum atomic E-state index is 0.239. The van der Waals surface area contributed by atoms with Crippen LogP contribution in [0.4, 0.5) is 0 Å². The van der Waals surface area contributed by atoms with Gasteiger partial charge in [0.05, 0.1) is 12.6 Å². The number of halogens is 1. The maximum Gasteiger partial charge on any atom is 0.0587 e. The number of piperidine rings is 1. The molecule has 3 N–H and O–H groups in total. The third-order valence-corrected chi connectivity index (χ3v) is 5.22. The van der Waals surface area contributed by atoms with Gasteiger partial charge in [-0.3, -0.25) is 4.90 Å². The molecule has 0 aromatic carbocycles. The van der Waals surface area contributed by atoms with Crippen molar-refractivity contribution in [2.75, 3.05) is 19.7 Å². The molecule has 96 valence electrons. The molecule has 1 aliphatic rings. The molecule has 1 saturated heterocycles. The second-order valence-electron chi connectivity index (χ2n) is 4.49. The summed E-state index contributed by atoms with van der Waals surface area (Å²) in [7, 11) is 0. The summed E-state index contributed by atoms with van der Waals surface area (Å²) >= 11 is 5.23. The SMILES string of the molecule is NCC(c1cc(Br)cs1)N1CCCCC1CO. The van der Waals surface area contributed by atoms with Crippen molar-refractivity contribution < 1.29 is 5.11 Å². The molecule has 0 aliphatic carbocycles. The maximum absolute atomic E-state index is 9.47. The van der Waals surface area contributed by atoms with Gasteiger partial charge in [0.2, 0.25) is 0 Å². The van der Waals surface area contributed by atoms with E-state index in [2.05, 4.69) is 32.3 Å². The summed E-state index contributed by atoms with van der Waals surface area (Å²) in [5.41, 5.74) is 5.93. The number of thiophene rings is 1. The van der Waals surface area contributed by atoms with Crippen LogP contribution in [0.15, 0.2) is 15.9 Å². The zero-order chi connectivity index (χ0) is 12.3. The zero-order valence-electron chi connectivity index (χ0n) is 9.81. The molecule has 0 saturated carbocycles. The lowest BCUT2D eigenvalue weighted by Crippen LogP contribution is -2.46. The summed E-state index contributed by atoms with van der Waals surface area (Å²) < 4.78 is 1.12. The Kier molecular flexibility index (Phi) is 4.99. The Morgan fingerprint density at radius 3 is 3.00 bits per heavy atom. The summed E-state index contributed by atoms with van der Waals surface area (Å²) in [5, 5.41) is 11.6. The topological polar surface area (TPSA) is 49.5 Å². The number of rotatable bonds is 4. The van der Waals surface area contributed by atoms with Crippen LogP contribution >= 0.6 is 27.3 Å². The molecule has 2 unspecified atom stereocenters. The van der Waals surface area contributed by atoms with Crippen LogP contribution in [0.5, 0.6) is 0 Å². The molecule has 2 atom stereocenters. The van der Waals surface area contributed by atoms with Crippen LogP contribution in [-0.4, -0.2) is 35.7 Å². The van der Waals surface area contributed by atoms with Crippen LogP contribution < -0.4 is 5.73 Å². The van der Waals surface area contributed by atoms with Gasteiger partial charge in [-0.05, 0) is 41.4 Å². The first-order chi connectivity index (χ1) is 8.26. The van der Waals surface area contributed by atoms with Crippen molar-refractivity contribution in [3.63, 3.8) is 0 Å². The van der Waals surface area contributed by atoms with E-state index in [-0.39, 0.29) is 18.7 Å². The van der Waals surface area contributed by atoms with Gasteiger partial charge in [0.15, 0.2) is 0 Å². The van der Waals surface area contributed by atoms with Gasteiger partial charge in [-0.1, -0.05) is 6.42 Å². The Morgan fingerprint density at radius 2 is 2.41 bits per heavy atom. The highest BCUT2D eigenvalue weighted by molar-refractivity contribution is 9.10. The molecular weight excluding hydrogens is 300 g/mol. The molecule has 0 spiro atoms. The average Bonchev–Trinajstić information content (AvgIpc) is 2.77. The lowest BCUT2D eigenvalue weighted by molar-refractivity contribution is 0.0564. The van der Waals surface area contributed by atoms with Crippen LogP contribution in [0, 0.1) is 0 Å². The third-order valence-electron chi connectivity index (χ3n) is 3.42. The Labute approximate surface area is 115 Å². The van der Waals surface area contributed by atoms with Crippen LogP contribution in [0.3, 0.4) is 0 Å². The lowest BCUT2D eigenvalue weighted by atomic mass is 9.99. The Balaban J connectivity index is 2.16. The number of aliphatic hydroxyl groups excluding tert-OH is 1. The molecule has 5 heteroatoms. The fraction of sp³-hybridized carbons (Fsp3) is 0.667. The van der Waals surface area contributed by atoms with E-state index in [0.717, 1.165) is 17.4 Å². The summed E-state index contributed by atoms with van der Waals surface area (Å²) in [6.07, 6.45) is 3.51. The van der Waals surface area contributed by atoms with Crippen LogP contribution in [0.2, 0.25) is 0 Å². The van der Waals surface area contributed by atoms with Gasteiger partial charge in [-0.2, -0.15) is 0 Å². The van der Waals surface area contributed by atoms with E-state index in [9.17, 15) is 5.11 Å². The number of nitrogens with two attached hydrogens (primary N) is 1. The molecule has 1 aromatic rings. The van der Waals surface area contributed by atoms with Gasteiger partial charge >= 0.3 is 0 Å². The third kappa shape index (κ3) is 3.09. The first kappa shape index (κ1) is 13.5. The normalized spacial score (nSPS) is 23.8. The highest BCUT2D eigenvalue weighted by atomic mass is 79.9. The first-order valence-corrected chi connectivity index (χ1v) is 7.74. The molecular formula is C12H19BrN2OS. The van der Waals surface area contributed by atoms with Crippen molar-refractivity contribution in [3.8, 4) is 0 Å². The number of hydrogen-bond donors (Lipinski definition) is 2. The van der Waals surface area contributed by atoms with E-state index in [1.54, 1.807) is 11.3 Å². The standard InChI is InChI=1S/C12H19BrN2OS/c13-9-5-12(17-8-9)11(6-14)15-4-2-1-3-10(15)7-16/h5,8,10-11,16H,1-4,6-7,14H2. The molecule has 2 heterocycles. The second kappa shape index (κ2) is 6.29. The van der Waals surface area contributed by atoms with E-state index in [0.29, 0.717) is 6.54 Å². The average molecular weight is 319 g/mol. The van der Waals surface area contributed by atoms with Gasteiger partial charge in [0.1, 0.15) is 0 Å². The predicted octanol–water partition coefficient (Wildman–Crippen LogP) is 2.36. The van der Waals surface area contributed by atoms with Crippen LogP contribution in [0.1, 0.15) is 30.2 Å². The molecule has 1 aliphatic heterocycles.